The summed E-state index contributed by atoms with van der Waals surface area (Å²) in [6, 6.07) is 0. The Bertz CT molecular complexity index is 757. The number of Topliss-reactive ketones (excluding diaryl/α,β-unsaturated/α-hetero) is 1. The number of ketones is 1. The summed E-state index contributed by atoms with van der Waals surface area (Å²) in [5.41, 5.74) is -0.871. The van der Waals surface area contributed by atoms with Gasteiger partial charge in [-0.15, -0.1) is 0 Å². The molecule has 0 bridgehead atoms. The summed E-state index contributed by atoms with van der Waals surface area (Å²) in [7, 11) is 0. The van der Waals surface area contributed by atoms with Crippen molar-refractivity contribution in [1.82, 2.24) is 0 Å². The average Bonchev–Trinajstić information content (AvgIpc) is 2.97. The average molecular weight is 566 g/mol. The van der Waals surface area contributed by atoms with Crippen molar-refractivity contribution < 1.29 is 4.79 Å². The predicted molar refractivity (Wildman–Crippen MR) is 163 cm³/mol. The van der Waals surface area contributed by atoms with Gasteiger partial charge in [-0.1, -0.05) is 108 Å². The first-order valence-electron chi connectivity index (χ1n) is 17.3. The van der Waals surface area contributed by atoms with Crippen LogP contribution in [-0.4, -0.2) is 10.1 Å². The summed E-state index contributed by atoms with van der Waals surface area (Å²) in [5.74, 6) is 5.78. The third-order valence-corrected chi connectivity index (χ3v) is 14.7. The Morgan fingerprint density at radius 2 is 1.00 bits per heavy atom. The number of hydrogen-bond donors (Lipinski definition) is 0. The number of unbranched alkanes of at least 4 members (excludes halogenated alkanes) is 4. The predicted octanol–water partition coefficient (Wildman–Crippen LogP) is 11.5. The Hall–Kier alpha value is 0.250. The van der Waals surface area contributed by atoms with E-state index >= 15 is 0 Å². The summed E-state index contributed by atoms with van der Waals surface area (Å²) in [4.78, 5) is 14.0. The normalized spacial score (nSPS) is 43.3. The van der Waals surface area contributed by atoms with E-state index in [1.807, 2.05) is 0 Å². The van der Waals surface area contributed by atoms with Gasteiger partial charge in [0.25, 0.3) is 0 Å². The van der Waals surface area contributed by atoms with Gasteiger partial charge in [0, 0.05) is 0 Å². The largest absolute Gasteiger partial charge is 0.298 e. The molecular weight excluding hydrogens is 507 g/mol. The van der Waals surface area contributed by atoms with Gasteiger partial charge in [0.1, 0.15) is 4.33 Å². The zero-order valence-corrected chi connectivity index (χ0v) is 26.4. The molecule has 0 aromatic heterocycles. The Labute approximate surface area is 245 Å². The summed E-state index contributed by atoms with van der Waals surface area (Å²) < 4.78 is -0.831. The first kappa shape index (κ1) is 29.7. The van der Waals surface area contributed by atoms with Crippen LogP contribution in [0.25, 0.3) is 0 Å². The number of carbonyl (C=O) groups is 1. The molecule has 5 aliphatic carbocycles. The lowest BCUT2D eigenvalue weighted by Gasteiger charge is -2.67. The lowest BCUT2D eigenvalue weighted by molar-refractivity contribution is -0.173. The van der Waals surface area contributed by atoms with E-state index in [1.165, 1.54) is 122 Å². The molecule has 0 amide bonds. The van der Waals surface area contributed by atoms with Crippen LogP contribution in [0.3, 0.4) is 0 Å². The molecule has 0 saturated heterocycles. The first-order chi connectivity index (χ1) is 18.4. The Balaban J connectivity index is 1.07. The molecule has 2 spiro atoms. The summed E-state index contributed by atoms with van der Waals surface area (Å²) in [6.07, 6.45) is 29.8. The third-order valence-electron chi connectivity index (χ3n) is 13.2. The zero-order chi connectivity index (χ0) is 26.8. The topological polar surface area (TPSA) is 17.1 Å². The lowest BCUT2D eigenvalue weighted by atomic mass is 9.41. The number of carbonyl (C=O) groups excluding carboxylic acids is 1. The second-order valence-electron chi connectivity index (χ2n) is 14.9. The molecule has 5 fully saturated rings. The first-order valence-corrected chi connectivity index (χ1v) is 18.0. The molecule has 5 aliphatic rings. The molecule has 5 rings (SSSR count). The van der Waals surface area contributed by atoms with Gasteiger partial charge in [-0.05, 0) is 113 Å². The monoisotopic (exact) mass is 564 g/mol. The van der Waals surface area contributed by atoms with Crippen molar-refractivity contribution >= 4 is 29.0 Å². The zero-order valence-electron chi connectivity index (χ0n) is 24.9. The maximum absolute atomic E-state index is 14.0. The summed E-state index contributed by atoms with van der Waals surface area (Å²) >= 11 is 14.6. The quantitative estimate of drug-likeness (QED) is 0.201. The molecule has 3 heteroatoms. The molecular formula is C35H58Cl2O. The highest BCUT2D eigenvalue weighted by molar-refractivity contribution is 6.55. The van der Waals surface area contributed by atoms with Gasteiger partial charge in [0.15, 0.2) is 5.78 Å². The Kier molecular flexibility index (Phi) is 9.88. The van der Waals surface area contributed by atoms with Crippen LogP contribution in [0.2, 0.25) is 0 Å². The maximum Gasteiger partial charge on any atom is 0.151 e. The Morgan fingerprint density at radius 3 is 1.42 bits per heavy atom. The van der Waals surface area contributed by atoms with Gasteiger partial charge >= 0.3 is 0 Å². The number of rotatable bonds is 9. The molecule has 0 heterocycles. The van der Waals surface area contributed by atoms with Crippen molar-refractivity contribution in [3.63, 3.8) is 0 Å². The van der Waals surface area contributed by atoms with E-state index in [2.05, 4.69) is 13.8 Å². The fraction of sp³-hybridized carbons (Fsp3) is 0.971. The van der Waals surface area contributed by atoms with Crippen molar-refractivity contribution in [2.24, 2.45) is 46.3 Å². The minimum absolute atomic E-state index is 0.435. The van der Waals surface area contributed by atoms with E-state index in [0.29, 0.717) is 5.78 Å². The van der Waals surface area contributed by atoms with Crippen molar-refractivity contribution in [1.29, 1.82) is 0 Å². The van der Waals surface area contributed by atoms with Gasteiger partial charge in [-0.2, -0.15) is 0 Å². The van der Waals surface area contributed by atoms with Gasteiger partial charge in [0.05, 0.1) is 10.8 Å². The lowest BCUT2D eigenvalue weighted by Crippen LogP contribution is -2.74. The van der Waals surface area contributed by atoms with E-state index in [0.717, 1.165) is 61.2 Å². The molecule has 1 nitrogen and oxygen atoms in total. The SMILES string of the molecule is CCCCCCC[C@H]1CC[C@H](C2CCC3(CC2)C(=O)C2(CCC([C@H]4CC[C@H](CC)CC4)CC2)C3(Cl)Cl)CC1. The third kappa shape index (κ3) is 5.41. The second-order valence-corrected chi connectivity index (χ2v) is 16.2. The standard InChI is InChI=1S/C35H58Cl2O/c1-3-5-6-7-8-9-27-12-16-29(17-13-27)31-20-24-34(25-21-31)32(38)33(35(34,36)37)22-18-30(19-23-33)28-14-10-26(4-2)11-15-28/h26-31H,3-25H2,1-2H3/t26-,27-,28-,29-,30?,31?,33?,34?. The van der Waals surface area contributed by atoms with Crippen LogP contribution < -0.4 is 0 Å². The van der Waals surface area contributed by atoms with Gasteiger partial charge in [-0.3, -0.25) is 4.79 Å². The molecule has 0 unspecified atom stereocenters. The van der Waals surface area contributed by atoms with Crippen LogP contribution >= 0.6 is 23.2 Å². The summed E-state index contributed by atoms with van der Waals surface area (Å²) in [6.45, 7) is 4.65. The fourth-order valence-corrected chi connectivity index (χ4v) is 11.6. The van der Waals surface area contributed by atoms with E-state index in [1.54, 1.807) is 0 Å². The molecule has 5 saturated carbocycles. The molecule has 0 aromatic carbocycles. The molecule has 0 aromatic rings. The number of alkyl halides is 2. The van der Waals surface area contributed by atoms with Crippen LogP contribution in [0.4, 0.5) is 0 Å². The van der Waals surface area contributed by atoms with Gasteiger partial charge in [-0.25, -0.2) is 0 Å². The van der Waals surface area contributed by atoms with E-state index in [-0.39, 0.29) is 0 Å². The number of halogens is 2. The van der Waals surface area contributed by atoms with Crippen molar-refractivity contribution in [3.8, 4) is 0 Å². The molecule has 0 aliphatic heterocycles. The minimum Gasteiger partial charge on any atom is -0.298 e. The Morgan fingerprint density at radius 1 is 0.579 bits per heavy atom. The minimum atomic E-state index is -0.831. The van der Waals surface area contributed by atoms with E-state index < -0.39 is 15.2 Å². The molecule has 0 radical (unpaired) electrons. The smallest absolute Gasteiger partial charge is 0.151 e. The highest BCUT2D eigenvalue weighted by Crippen LogP contribution is 2.75. The second kappa shape index (κ2) is 12.6. The highest BCUT2D eigenvalue weighted by Gasteiger charge is 2.79. The van der Waals surface area contributed by atoms with Gasteiger partial charge in [0.2, 0.25) is 0 Å². The van der Waals surface area contributed by atoms with Crippen molar-refractivity contribution in [2.45, 2.75) is 166 Å². The van der Waals surface area contributed by atoms with Crippen LogP contribution in [0.5, 0.6) is 0 Å². The fourth-order valence-electron chi connectivity index (χ4n) is 10.5. The number of hydrogen-bond acceptors (Lipinski definition) is 1. The molecule has 0 N–H and O–H groups in total. The van der Waals surface area contributed by atoms with Crippen molar-refractivity contribution in [3.05, 3.63) is 0 Å². The van der Waals surface area contributed by atoms with Crippen LogP contribution in [0.15, 0.2) is 0 Å². The molecule has 0 atom stereocenters. The maximum atomic E-state index is 14.0. The van der Waals surface area contributed by atoms with E-state index in [9.17, 15) is 4.79 Å². The highest BCUT2D eigenvalue weighted by atomic mass is 35.5. The van der Waals surface area contributed by atoms with Crippen LogP contribution in [-0.2, 0) is 4.79 Å². The van der Waals surface area contributed by atoms with Crippen LogP contribution in [0, 0.1) is 46.3 Å². The van der Waals surface area contributed by atoms with Crippen LogP contribution in [0.1, 0.15) is 162 Å². The molecule has 38 heavy (non-hydrogen) atoms. The van der Waals surface area contributed by atoms with Crippen molar-refractivity contribution in [2.75, 3.05) is 0 Å². The van der Waals surface area contributed by atoms with E-state index in [4.69, 9.17) is 23.2 Å². The van der Waals surface area contributed by atoms with Gasteiger partial charge < -0.3 is 0 Å². The summed E-state index contributed by atoms with van der Waals surface area (Å²) in [5, 5.41) is 0. The molecule has 218 valence electrons.